The molecule has 1 N–H and O–H groups in total. The predicted molar refractivity (Wildman–Crippen MR) is 84.2 cm³/mol. The lowest BCUT2D eigenvalue weighted by molar-refractivity contribution is -0.114. The summed E-state index contributed by atoms with van der Waals surface area (Å²) in [7, 11) is 0. The lowest BCUT2D eigenvalue weighted by Gasteiger charge is -2.49. The van der Waals surface area contributed by atoms with Crippen molar-refractivity contribution in [3.63, 3.8) is 0 Å². The van der Waals surface area contributed by atoms with E-state index in [4.69, 9.17) is 11.6 Å². The molecule has 1 aromatic carbocycles. The molecule has 1 atom stereocenters. The highest BCUT2D eigenvalue weighted by atomic mass is 79.9. The van der Waals surface area contributed by atoms with E-state index in [1.165, 1.54) is 0 Å². The summed E-state index contributed by atoms with van der Waals surface area (Å²) in [6.45, 7) is 10.4. The third kappa shape index (κ3) is 2.11. The second kappa shape index (κ2) is 4.49. The van der Waals surface area contributed by atoms with E-state index >= 15 is 0 Å². The van der Waals surface area contributed by atoms with E-state index in [0.717, 1.165) is 27.6 Å². The van der Waals surface area contributed by atoms with Gasteiger partial charge in [0.2, 0.25) is 0 Å². The van der Waals surface area contributed by atoms with Gasteiger partial charge in [0, 0.05) is 32.6 Å². The number of benzene rings is 1. The molecule has 0 spiro atoms. The molecule has 1 aliphatic heterocycles. The molecule has 104 valence electrons. The van der Waals surface area contributed by atoms with Crippen LogP contribution >= 0.6 is 27.5 Å². The zero-order valence-electron chi connectivity index (χ0n) is 11.9. The Morgan fingerprint density at radius 1 is 1.37 bits per heavy atom. The molecule has 0 radical (unpaired) electrons. The molecule has 1 aromatic rings. The van der Waals surface area contributed by atoms with Crippen molar-refractivity contribution in [2.45, 2.75) is 45.6 Å². The normalized spacial score (nSPS) is 23.4. The number of hydrogen-bond acceptors (Lipinski definition) is 2. The van der Waals surface area contributed by atoms with Gasteiger partial charge in [-0.15, -0.1) is 0 Å². The van der Waals surface area contributed by atoms with Crippen molar-refractivity contribution in [3.8, 4) is 0 Å². The van der Waals surface area contributed by atoms with Gasteiger partial charge in [0.15, 0.2) is 0 Å². The van der Waals surface area contributed by atoms with Crippen LogP contribution in [-0.4, -0.2) is 11.8 Å². The second-order valence-corrected chi connectivity index (χ2v) is 7.65. The van der Waals surface area contributed by atoms with Gasteiger partial charge in [-0.3, -0.25) is 0 Å². The number of aryl methyl sites for hydroxylation is 1. The monoisotopic (exact) mass is 343 g/mol. The Hall–Kier alpha value is -0.540. The first-order valence-corrected chi connectivity index (χ1v) is 7.52. The summed E-state index contributed by atoms with van der Waals surface area (Å²) in [6, 6.07) is 2.02. The molecule has 4 heteroatoms. The lowest BCUT2D eigenvalue weighted by Crippen LogP contribution is -2.53. The lowest BCUT2D eigenvalue weighted by atomic mass is 9.63. The Balaban J connectivity index is 2.81. The van der Waals surface area contributed by atoms with Crippen molar-refractivity contribution in [1.82, 2.24) is 0 Å². The van der Waals surface area contributed by atoms with Crippen molar-refractivity contribution < 1.29 is 4.79 Å². The average molecular weight is 345 g/mol. The van der Waals surface area contributed by atoms with Crippen LogP contribution in [-0.2, 0) is 10.2 Å². The minimum absolute atomic E-state index is 0.140. The van der Waals surface area contributed by atoms with E-state index in [-0.39, 0.29) is 16.9 Å². The Bertz CT molecular complexity index is 552. The van der Waals surface area contributed by atoms with E-state index in [1.54, 1.807) is 0 Å². The number of anilines is 1. The smallest absolute Gasteiger partial charge is 0.126 e. The molecule has 0 amide bonds. The summed E-state index contributed by atoms with van der Waals surface area (Å²) in [5.41, 5.74) is 2.62. The quantitative estimate of drug-likeness (QED) is 0.748. The van der Waals surface area contributed by atoms with Gasteiger partial charge < -0.3 is 10.1 Å². The third-order valence-electron chi connectivity index (χ3n) is 4.20. The van der Waals surface area contributed by atoms with Crippen molar-refractivity contribution >= 4 is 39.5 Å². The van der Waals surface area contributed by atoms with Crippen LogP contribution in [0.15, 0.2) is 10.5 Å². The molecule has 0 bridgehead atoms. The Morgan fingerprint density at radius 3 is 2.47 bits per heavy atom. The first kappa shape index (κ1) is 14.9. The van der Waals surface area contributed by atoms with Crippen LogP contribution in [0.5, 0.6) is 0 Å². The topological polar surface area (TPSA) is 29.1 Å². The molecular formula is C15H19BrClNO. The molecule has 0 fully saturated rings. The molecule has 0 saturated carbocycles. The Labute approximate surface area is 128 Å². The van der Waals surface area contributed by atoms with E-state index < -0.39 is 0 Å². The second-order valence-electron chi connectivity index (χ2n) is 6.42. The maximum atomic E-state index is 11.6. The summed E-state index contributed by atoms with van der Waals surface area (Å²) in [5.74, 6) is -0.140. The maximum absolute atomic E-state index is 11.6. The van der Waals surface area contributed by atoms with E-state index in [2.05, 4.69) is 55.9 Å². The maximum Gasteiger partial charge on any atom is 0.126 e. The zero-order chi connectivity index (χ0) is 14.6. The van der Waals surface area contributed by atoms with Gasteiger partial charge >= 0.3 is 0 Å². The van der Waals surface area contributed by atoms with Gasteiger partial charge in [0.1, 0.15) is 6.29 Å². The molecule has 2 nitrogen and oxygen atoms in total. The molecule has 2 rings (SSSR count). The molecule has 1 unspecified atom stereocenters. The summed E-state index contributed by atoms with van der Waals surface area (Å²) in [6.07, 6.45) is 1.04. The molecule has 19 heavy (non-hydrogen) atoms. The average Bonchev–Trinajstić information content (AvgIpc) is 2.24. The van der Waals surface area contributed by atoms with Crippen molar-refractivity contribution in [3.05, 3.63) is 26.7 Å². The van der Waals surface area contributed by atoms with Crippen LogP contribution < -0.4 is 5.32 Å². The fourth-order valence-corrected chi connectivity index (χ4v) is 4.25. The van der Waals surface area contributed by atoms with Gasteiger partial charge in [0.25, 0.3) is 0 Å². The van der Waals surface area contributed by atoms with Crippen LogP contribution in [0.25, 0.3) is 0 Å². The van der Waals surface area contributed by atoms with Crippen molar-refractivity contribution in [2.75, 3.05) is 5.32 Å². The largest absolute Gasteiger partial charge is 0.379 e. The predicted octanol–water partition coefficient (Wildman–Crippen LogP) is 4.71. The van der Waals surface area contributed by atoms with Crippen LogP contribution in [0, 0.1) is 12.8 Å². The highest BCUT2D eigenvalue weighted by Gasteiger charge is 2.48. The highest BCUT2D eigenvalue weighted by Crippen LogP contribution is 2.51. The number of carbonyl (C=O) groups excluding carboxylic acids is 1. The number of hydrogen-bond donors (Lipinski definition) is 1. The van der Waals surface area contributed by atoms with Gasteiger partial charge in [-0.2, -0.15) is 0 Å². The zero-order valence-corrected chi connectivity index (χ0v) is 14.2. The van der Waals surface area contributed by atoms with E-state index in [9.17, 15) is 4.79 Å². The SMILES string of the molecule is Cc1cc(Br)c(Cl)c2c1NC(C)(C)C(C=O)C2(C)C. The van der Waals surface area contributed by atoms with E-state index in [1.807, 2.05) is 6.07 Å². The standard InChI is InChI=1S/C15H19BrClNO/c1-8-6-9(16)12(17)11-13(8)18-15(4,5)10(7-19)14(11,2)3/h6-7,10,18H,1-5H3. The van der Waals surface area contributed by atoms with Crippen LogP contribution in [0.1, 0.15) is 38.8 Å². The van der Waals surface area contributed by atoms with Crippen molar-refractivity contribution in [1.29, 1.82) is 0 Å². The van der Waals surface area contributed by atoms with E-state index in [0.29, 0.717) is 5.02 Å². The summed E-state index contributed by atoms with van der Waals surface area (Å²) in [5, 5.41) is 4.19. The van der Waals surface area contributed by atoms with Crippen LogP contribution in [0.4, 0.5) is 5.69 Å². The van der Waals surface area contributed by atoms with Crippen LogP contribution in [0.3, 0.4) is 0 Å². The molecular weight excluding hydrogens is 326 g/mol. The summed E-state index contributed by atoms with van der Waals surface area (Å²) >= 11 is 9.98. The van der Waals surface area contributed by atoms with Gasteiger partial charge in [-0.25, -0.2) is 0 Å². The molecule has 0 saturated heterocycles. The number of carbonyl (C=O) groups is 1. The molecule has 0 aliphatic carbocycles. The molecule has 0 aromatic heterocycles. The Morgan fingerprint density at radius 2 is 1.95 bits per heavy atom. The summed E-state index contributed by atoms with van der Waals surface area (Å²) in [4.78, 5) is 11.6. The fraction of sp³-hybridized carbons (Fsp3) is 0.533. The first-order chi connectivity index (χ1) is 8.63. The number of fused-ring (bicyclic) bond motifs is 1. The number of nitrogens with one attached hydrogen (secondary N) is 1. The molecule has 1 heterocycles. The third-order valence-corrected chi connectivity index (χ3v) is 5.45. The van der Waals surface area contributed by atoms with Gasteiger partial charge in [-0.1, -0.05) is 25.4 Å². The number of halogens is 2. The minimum atomic E-state index is -0.308. The fourth-order valence-electron chi connectivity index (χ4n) is 3.32. The number of aldehydes is 1. The van der Waals surface area contributed by atoms with Crippen LogP contribution in [0.2, 0.25) is 5.02 Å². The first-order valence-electron chi connectivity index (χ1n) is 6.35. The van der Waals surface area contributed by atoms with Crippen molar-refractivity contribution in [2.24, 2.45) is 5.92 Å². The number of rotatable bonds is 1. The molecule has 1 aliphatic rings. The minimum Gasteiger partial charge on any atom is -0.379 e. The highest BCUT2D eigenvalue weighted by molar-refractivity contribution is 9.10. The van der Waals surface area contributed by atoms with Gasteiger partial charge in [-0.05, 0) is 48.3 Å². The van der Waals surface area contributed by atoms with Gasteiger partial charge in [0.05, 0.1) is 5.02 Å². The summed E-state index contributed by atoms with van der Waals surface area (Å²) < 4.78 is 0.879. The Kier molecular flexibility index (Phi) is 3.51.